The molecule has 140 valence electrons. The van der Waals surface area contributed by atoms with Gasteiger partial charge in [-0.05, 0) is 50.5 Å². The molecule has 0 atom stereocenters. The largest absolute Gasteiger partial charge is 0.358 e. The number of benzene rings is 2. The van der Waals surface area contributed by atoms with E-state index < -0.39 is 10.0 Å². The standard InChI is InChI=1S/C22H24N2O2S/c1-15-8-9-21(16(2)14-15)27(25,26)24-12-10-18(11-13-24)22-17(3)23-20-7-5-4-6-19(20)22/h4-10,14,23H,11-13H2,1-3H3. The minimum Gasteiger partial charge on any atom is -0.358 e. The van der Waals surface area contributed by atoms with Crippen molar-refractivity contribution >= 4 is 26.5 Å². The fourth-order valence-corrected chi connectivity index (χ4v) is 5.60. The summed E-state index contributed by atoms with van der Waals surface area (Å²) in [5.74, 6) is 0. The maximum absolute atomic E-state index is 13.1. The molecule has 5 heteroatoms. The molecule has 1 N–H and O–H groups in total. The third-order valence-electron chi connectivity index (χ3n) is 5.33. The minimum absolute atomic E-state index is 0.407. The predicted octanol–water partition coefficient (Wildman–Crippen LogP) is 4.57. The molecule has 0 radical (unpaired) electrons. The molecule has 1 aliphatic heterocycles. The van der Waals surface area contributed by atoms with Crippen molar-refractivity contribution in [3.05, 3.63) is 70.9 Å². The van der Waals surface area contributed by atoms with Crippen LogP contribution in [0.1, 0.15) is 28.8 Å². The lowest BCUT2D eigenvalue weighted by atomic mass is 9.97. The Morgan fingerprint density at radius 2 is 1.81 bits per heavy atom. The summed E-state index contributed by atoms with van der Waals surface area (Å²) in [5, 5.41) is 1.20. The van der Waals surface area contributed by atoms with Crippen LogP contribution in [0.15, 0.2) is 53.4 Å². The van der Waals surface area contributed by atoms with Crippen LogP contribution in [0.2, 0.25) is 0 Å². The SMILES string of the molecule is Cc1ccc(S(=O)(=O)N2CC=C(c3c(C)[nH]c4ccccc34)CC2)c(C)c1. The molecule has 1 aromatic heterocycles. The van der Waals surface area contributed by atoms with Gasteiger partial charge in [0.15, 0.2) is 0 Å². The van der Waals surface area contributed by atoms with E-state index in [2.05, 4.69) is 30.1 Å². The Morgan fingerprint density at radius 3 is 2.52 bits per heavy atom. The number of aryl methyl sites for hydroxylation is 3. The van der Waals surface area contributed by atoms with Crippen LogP contribution < -0.4 is 0 Å². The Hall–Kier alpha value is -2.37. The normalized spacial score (nSPS) is 15.9. The van der Waals surface area contributed by atoms with Crippen LogP contribution in [-0.2, 0) is 10.0 Å². The number of H-pyrrole nitrogens is 1. The second kappa shape index (κ2) is 6.66. The summed E-state index contributed by atoms with van der Waals surface area (Å²) in [6.07, 6.45) is 2.78. The molecule has 0 spiro atoms. The summed E-state index contributed by atoms with van der Waals surface area (Å²) in [6, 6.07) is 13.8. The van der Waals surface area contributed by atoms with Crippen LogP contribution in [0.5, 0.6) is 0 Å². The van der Waals surface area contributed by atoms with Gasteiger partial charge in [0.1, 0.15) is 0 Å². The second-order valence-electron chi connectivity index (χ2n) is 7.28. The lowest BCUT2D eigenvalue weighted by Gasteiger charge is -2.27. The van der Waals surface area contributed by atoms with Gasteiger partial charge in [-0.15, -0.1) is 0 Å². The van der Waals surface area contributed by atoms with Crippen LogP contribution in [0.25, 0.3) is 16.5 Å². The highest BCUT2D eigenvalue weighted by Crippen LogP contribution is 2.33. The van der Waals surface area contributed by atoms with Crippen molar-refractivity contribution in [2.75, 3.05) is 13.1 Å². The van der Waals surface area contributed by atoms with Gasteiger partial charge in [-0.3, -0.25) is 0 Å². The zero-order chi connectivity index (χ0) is 19.2. The number of nitrogens with zero attached hydrogens (tertiary/aromatic N) is 1. The summed E-state index contributed by atoms with van der Waals surface area (Å²) in [6.45, 7) is 6.82. The Bertz CT molecular complexity index is 1160. The van der Waals surface area contributed by atoms with E-state index in [4.69, 9.17) is 0 Å². The summed E-state index contributed by atoms with van der Waals surface area (Å²) in [5.41, 5.74) is 6.56. The Labute approximate surface area is 160 Å². The number of fused-ring (bicyclic) bond motifs is 1. The third kappa shape index (κ3) is 3.11. The van der Waals surface area contributed by atoms with E-state index in [9.17, 15) is 8.42 Å². The molecular weight excluding hydrogens is 356 g/mol. The number of aromatic nitrogens is 1. The lowest BCUT2D eigenvalue weighted by Crippen LogP contribution is -2.35. The first-order valence-corrected chi connectivity index (χ1v) is 10.7. The molecule has 0 bridgehead atoms. The molecule has 0 saturated heterocycles. The maximum atomic E-state index is 13.1. The molecule has 2 heterocycles. The van der Waals surface area contributed by atoms with E-state index in [1.807, 2.05) is 38.1 Å². The molecule has 0 saturated carbocycles. The average Bonchev–Trinajstić information content (AvgIpc) is 2.97. The number of nitrogens with one attached hydrogen (secondary N) is 1. The van der Waals surface area contributed by atoms with Crippen molar-refractivity contribution in [1.82, 2.24) is 9.29 Å². The Balaban J connectivity index is 1.66. The number of hydrogen-bond donors (Lipinski definition) is 1. The molecule has 4 nitrogen and oxygen atoms in total. The molecule has 0 aliphatic carbocycles. The van der Waals surface area contributed by atoms with Crippen LogP contribution in [-0.4, -0.2) is 30.8 Å². The topological polar surface area (TPSA) is 53.2 Å². The molecule has 0 fully saturated rings. The zero-order valence-electron chi connectivity index (χ0n) is 15.9. The number of aromatic amines is 1. The maximum Gasteiger partial charge on any atom is 0.243 e. The molecular formula is C22H24N2O2S. The fraction of sp³-hybridized carbons (Fsp3) is 0.273. The van der Waals surface area contributed by atoms with Gasteiger partial charge < -0.3 is 4.98 Å². The van der Waals surface area contributed by atoms with Crippen LogP contribution in [0.4, 0.5) is 0 Å². The van der Waals surface area contributed by atoms with E-state index >= 15 is 0 Å². The van der Waals surface area contributed by atoms with Crippen molar-refractivity contribution in [3.63, 3.8) is 0 Å². The van der Waals surface area contributed by atoms with Crippen molar-refractivity contribution in [2.24, 2.45) is 0 Å². The van der Waals surface area contributed by atoms with Crippen molar-refractivity contribution < 1.29 is 8.42 Å². The first-order valence-electron chi connectivity index (χ1n) is 9.22. The van der Waals surface area contributed by atoms with E-state index in [1.54, 1.807) is 10.4 Å². The zero-order valence-corrected chi connectivity index (χ0v) is 16.7. The molecule has 27 heavy (non-hydrogen) atoms. The Kier molecular flexibility index (Phi) is 4.44. The van der Waals surface area contributed by atoms with Gasteiger partial charge in [-0.1, -0.05) is 42.0 Å². The van der Waals surface area contributed by atoms with Crippen LogP contribution >= 0.6 is 0 Å². The third-order valence-corrected chi connectivity index (χ3v) is 7.36. The van der Waals surface area contributed by atoms with Gasteiger partial charge >= 0.3 is 0 Å². The highest BCUT2D eigenvalue weighted by Gasteiger charge is 2.28. The number of hydrogen-bond acceptors (Lipinski definition) is 2. The smallest absolute Gasteiger partial charge is 0.243 e. The lowest BCUT2D eigenvalue weighted by molar-refractivity contribution is 0.441. The first kappa shape index (κ1) is 18.0. The van der Waals surface area contributed by atoms with E-state index in [-0.39, 0.29) is 0 Å². The number of rotatable bonds is 3. The van der Waals surface area contributed by atoms with Crippen molar-refractivity contribution in [3.8, 4) is 0 Å². The predicted molar refractivity (Wildman–Crippen MR) is 110 cm³/mol. The van der Waals surface area contributed by atoms with E-state index in [0.29, 0.717) is 24.4 Å². The average molecular weight is 381 g/mol. The minimum atomic E-state index is -3.47. The van der Waals surface area contributed by atoms with Crippen molar-refractivity contribution in [1.29, 1.82) is 0 Å². The number of para-hydroxylation sites is 1. The summed E-state index contributed by atoms with van der Waals surface area (Å²) < 4.78 is 27.7. The van der Waals surface area contributed by atoms with Crippen molar-refractivity contribution in [2.45, 2.75) is 32.1 Å². The monoisotopic (exact) mass is 380 g/mol. The summed E-state index contributed by atoms with van der Waals surface area (Å²) in [7, 11) is -3.47. The van der Waals surface area contributed by atoms with Crippen LogP contribution in [0.3, 0.4) is 0 Å². The highest BCUT2D eigenvalue weighted by molar-refractivity contribution is 7.89. The quantitative estimate of drug-likeness (QED) is 0.723. The highest BCUT2D eigenvalue weighted by atomic mass is 32.2. The van der Waals surface area contributed by atoms with E-state index in [1.165, 1.54) is 16.5 Å². The van der Waals surface area contributed by atoms with Gasteiger partial charge in [-0.25, -0.2) is 8.42 Å². The van der Waals surface area contributed by atoms with Gasteiger partial charge in [0, 0.05) is 35.2 Å². The summed E-state index contributed by atoms with van der Waals surface area (Å²) in [4.78, 5) is 3.84. The molecule has 3 aromatic rings. The molecule has 4 rings (SSSR count). The first-order chi connectivity index (χ1) is 12.9. The molecule has 1 aliphatic rings. The molecule has 0 amide bonds. The molecule has 0 unspecified atom stereocenters. The fourth-order valence-electron chi connectivity index (χ4n) is 4.01. The number of sulfonamides is 1. The Morgan fingerprint density at radius 1 is 1.04 bits per heavy atom. The van der Waals surface area contributed by atoms with Gasteiger partial charge in [0.25, 0.3) is 0 Å². The van der Waals surface area contributed by atoms with E-state index in [0.717, 1.165) is 22.3 Å². The van der Waals surface area contributed by atoms with Gasteiger partial charge in [0.2, 0.25) is 10.0 Å². The molecule has 2 aromatic carbocycles. The van der Waals surface area contributed by atoms with Gasteiger partial charge in [0.05, 0.1) is 4.90 Å². The van der Waals surface area contributed by atoms with Crippen LogP contribution in [0, 0.1) is 20.8 Å². The second-order valence-corrected chi connectivity index (χ2v) is 9.19. The summed E-state index contributed by atoms with van der Waals surface area (Å²) >= 11 is 0. The van der Waals surface area contributed by atoms with Gasteiger partial charge in [-0.2, -0.15) is 4.31 Å².